The number of aromatic nitrogens is 2. The number of rotatable bonds is 5. The molecule has 3 aromatic rings. The molecule has 0 radical (unpaired) electrons. The normalized spacial score (nSPS) is 13.9. The summed E-state index contributed by atoms with van der Waals surface area (Å²) in [7, 11) is 0. The SMILES string of the molecule is C[C@@H](NC(=O)c1cc(-c2ccc(F)cn2)cc([C@@H](O)C(F)(F)F)c1)c1ccc(C(F)(F)F)[n+]([O-])c1. The number of alkyl halides is 6. The number of halogens is 7. The first-order valence-electron chi connectivity index (χ1n) is 9.79. The van der Waals surface area contributed by atoms with Crippen molar-refractivity contribution < 1.29 is 45.4 Å². The van der Waals surface area contributed by atoms with Crippen molar-refractivity contribution in [3.8, 4) is 11.3 Å². The fourth-order valence-corrected chi connectivity index (χ4v) is 3.16. The van der Waals surface area contributed by atoms with Gasteiger partial charge in [0.1, 0.15) is 5.82 Å². The molecule has 0 aliphatic carbocycles. The monoisotopic (exact) mass is 503 g/mol. The molecule has 3 rings (SSSR count). The van der Waals surface area contributed by atoms with Crippen LogP contribution in [0.4, 0.5) is 30.7 Å². The molecule has 1 amide bonds. The minimum Gasteiger partial charge on any atom is -0.618 e. The van der Waals surface area contributed by atoms with E-state index >= 15 is 0 Å². The molecule has 0 fully saturated rings. The van der Waals surface area contributed by atoms with Gasteiger partial charge in [0.2, 0.25) is 0 Å². The summed E-state index contributed by atoms with van der Waals surface area (Å²) in [5.41, 5.74) is -2.53. The summed E-state index contributed by atoms with van der Waals surface area (Å²) in [6.07, 6.45) is -11.5. The summed E-state index contributed by atoms with van der Waals surface area (Å²) in [4.78, 5) is 16.5. The number of nitrogens with one attached hydrogen (secondary N) is 1. The predicted octanol–water partition coefficient (Wildman–Crippen LogP) is 4.63. The highest BCUT2D eigenvalue weighted by Gasteiger charge is 2.40. The van der Waals surface area contributed by atoms with E-state index in [4.69, 9.17) is 0 Å². The fourth-order valence-electron chi connectivity index (χ4n) is 3.16. The van der Waals surface area contributed by atoms with Crippen LogP contribution in [0, 0.1) is 11.0 Å². The van der Waals surface area contributed by atoms with E-state index < -0.39 is 52.2 Å². The molecule has 2 N–H and O–H groups in total. The molecule has 186 valence electrons. The molecule has 0 bridgehead atoms. The third-order valence-electron chi connectivity index (χ3n) is 4.94. The molecule has 0 aliphatic heterocycles. The molecule has 0 unspecified atom stereocenters. The van der Waals surface area contributed by atoms with Gasteiger partial charge in [-0.1, -0.05) is 0 Å². The van der Waals surface area contributed by atoms with Crippen LogP contribution in [0.5, 0.6) is 0 Å². The summed E-state index contributed by atoms with van der Waals surface area (Å²) < 4.78 is 90.5. The predicted molar refractivity (Wildman–Crippen MR) is 107 cm³/mol. The maximum atomic E-state index is 13.2. The molecule has 2 aromatic heterocycles. The minimum absolute atomic E-state index is 0.00624. The second-order valence-electron chi connectivity index (χ2n) is 7.52. The van der Waals surface area contributed by atoms with Crippen LogP contribution < -0.4 is 10.0 Å². The van der Waals surface area contributed by atoms with Crippen molar-refractivity contribution in [2.24, 2.45) is 0 Å². The van der Waals surface area contributed by atoms with E-state index in [1.807, 2.05) is 0 Å². The molecular weight excluding hydrogens is 487 g/mol. The topological polar surface area (TPSA) is 89.2 Å². The second-order valence-corrected chi connectivity index (χ2v) is 7.52. The number of amides is 1. The Bertz CT molecular complexity index is 1230. The third-order valence-corrected chi connectivity index (χ3v) is 4.94. The number of benzene rings is 1. The van der Waals surface area contributed by atoms with E-state index in [0.29, 0.717) is 12.3 Å². The Labute approximate surface area is 193 Å². The van der Waals surface area contributed by atoms with Gasteiger partial charge in [0.05, 0.1) is 17.9 Å². The van der Waals surface area contributed by atoms with Crippen LogP contribution in [0.2, 0.25) is 0 Å². The lowest BCUT2D eigenvalue weighted by Gasteiger charge is -2.18. The Balaban J connectivity index is 1.95. The van der Waals surface area contributed by atoms with Crippen molar-refractivity contribution >= 4 is 5.91 Å². The van der Waals surface area contributed by atoms with E-state index in [-0.39, 0.29) is 22.4 Å². The van der Waals surface area contributed by atoms with Crippen LogP contribution >= 0.6 is 0 Å². The Kier molecular flexibility index (Phi) is 7.01. The fraction of sp³-hybridized carbons (Fsp3) is 0.227. The van der Waals surface area contributed by atoms with Gasteiger partial charge in [0.15, 0.2) is 12.3 Å². The van der Waals surface area contributed by atoms with Gasteiger partial charge in [-0.25, -0.2) is 4.39 Å². The van der Waals surface area contributed by atoms with E-state index in [1.165, 1.54) is 6.92 Å². The quantitative estimate of drug-likeness (QED) is 0.302. The van der Waals surface area contributed by atoms with Gasteiger partial charge in [-0.15, -0.1) is 0 Å². The van der Waals surface area contributed by atoms with Crippen molar-refractivity contribution in [1.82, 2.24) is 10.3 Å². The highest BCUT2D eigenvalue weighted by Crippen LogP contribution is 2.35. The van der Waals surface area contributed by atoms with E-state index in [9.17, 15) is 45.8 Å². The molecule has 1 aromatic carbocycles. The van der Waals surface area contributed by atoms with Gasteiger partial charge in [-0.3, -0.25) is 9.78 Å². The molecule has 35 heavy (non-hydrogen) atoms. The molecule has 0 saturated heterocycles. The summed E-state index contributed by atoms with van der Waals surface area (Å²) in [5.74, 6) is -1.66. The first-order chi connectivity index (χ1) is 16.2. The number of aliphatic hydroxyl groups is 1. The number of nitrogens with zero attached hydrogens (tertiary/aromatic N) is 2. The average molecular weight is 503 g/mol. The molecule has 0 aliphatic rings. The smallest absolute Gasteiger partial charge is 0.478 e. The molecule has 6 nitrogen and oxygen atoms in total. The number of carbonyl (C=O) groups excluding carboxylic acids is 1. The maximum Gasteiger partial charge on any atom is 0.478 e. The molecule has 0 spiro atoms. The largest absolute Gasteiger partial charge is 0.618 e. The lowest BCUT2D eigenvalue weighted by molar-refractivity contribution is -0.629. The molecule has 2 atom stereocenters. The van der Waals surface area contributed by atoms with Crippen molar-refractivity contribution in [3.63, 3.8) is 0 Å². The van der Waals surface area contributed by atoms with E-state index in [2.05, 4.69) is 10.3 Å². The standard InChI is InChI=1S/C22H16F7N3O3/c1-11(12-2-5-18(21(24,25)26)32(35)10-12)31-20(34)15-7-13(17-4-3-16(23)9-30-17)6-14(8-15)19(33)22(27,28)29/h2-11,19,33H,1H3,(H,31,34)/t11-,19-/m1/s1. The van der Waals surface area contributed by atoms with Crippen molar-refractivity contribution in [2.75, 3.05) is 0 Å². The van der Waals surface area contributed by atoms with Gasteiger partial charge in [-0.2, -0.15) is 31.1 Å². The molecule has 0 saturated carbocycles. The van der Waals surface area contributed by atoms with E-state index in [0.717, 1.165) is 42.6 Å². The Morgan fingerprint density at radius 1 is 1.06 bits per heavy atom. The Morgan fingerprint density at radius 2 is 1.74 bits per heavy atom. The highest BCUT2D eigenvalue weighted by atomic mass is 19.4. The average Bonchev–Trinajstić information content (AvgIpc) is 2.77. The first-order valence-corrected chi connectivity index (χ1v) is 9.79. The lowest BCUT2D eigenvalue weighted by Crippen LogP contribution is -2.38. The van der Waals surface area contributed by atoms with Crippen LogP contribution in [0.15, 0.2) is 54.9 Å². The van der Waals surface area contributed by atoms with Crippen molar-refractivity contribution in [2.45, 2.75) is 31.4 Å². The van der Waals surface area contributed by atoms with Crippen LogP contribution in [-0.2, 0) is 6.18 Å². The van der Waals surface area contributed by atoms with Crippen molar-refractivity contribution in [3.05, 3.63) is 88.3 Å². The number of aliphatic hydroxyl groups excluding tert-OH is 1. The summed E-state index contributed by atoms with van der Waals surface area (Å²) in [6.45, 7) is 1.34. The molecule has 2 heterocycles. The molecule has 13 heteroatoms. The minimum atomic E-state index is -5.06. The van der Waals surface area contributed by atoms with E-state index in [1.54, 1.807) is 0 Å². The van der Waals surface area contributed by atoms with Crippen LogP contribution in [-0.4, -0.2) is 22.2 Å². The number of hydrogen-bond acceptors (Lipinski definition) is 4. The second kappa shape index (κ2) is 9.49. The third kappa shape index (κ3) is 6.04. The Morgan fingerprint density at radius 3 is 2.29 bits per heavy atom. The van der Waals surface area contributed by atoms with Gasteiger partial charge in [0.25, 0.3) is 11.6 Å². The van der Waals surface area contributed by atoms with Crippen LogP contribution in [0.3, 0.4) is 0 Å². The van der Waals surface area contributed by atoms with Crippen LogP contribution in [0.1, 0.15) is 46.2 Å². The van der Waals surface area contributed by atoms with Gasteiger partial charge < -0.3 is 15.6 Å². The summed E-state index contributed by atoms with van der Waals surface area (Å²) >= 11 is 0. The van der Waals surface area contributed by atoms with Crippen molar-refractivity contribution in [1.29, 1.82) is 0 Å². The highest BCUT2D eigenvalue weighted by molar-refractivity contribution is 5.96. The number of pyridine rings is 2. The lowest BCUT2D eigenvalue weighted by atomic mass is 9.98. The molecular formula is C22H16F7N3O3. The number of carbonyl (C=O) groups is 1. The van der Waals surface area contributed by atoms with Crippen LogP contribution in [0.25, 0.3) is 11.3 Å². The summed E-state index contributed by atoms with van der Waals surface area (Å²) in [5, 5.41) is 23.8. The zero-order valence-corrected chi connectivity index (χ0v) is 17.7. The van der Waals surface area contributed by atoms with Gasteiger partial charge in [0, 0.05) is 22.8 Å². The Hall–Kier alpha value is -3.74. The summed E-state index contributed by atoms with van der Waals surface area (Å²) in [6, 6.07) is 5.52. The zero-order chi connectivity index (χ0) is 26.1. The zero-order valence-electron chi connectivity index (χ0n) is 17.7. The number of hydrogen-bond donors (Lipinski definition) is 2. The first kappa shape index (κ1) is 25.9. The maximum absolute atomic E-state index is 13.2. The van der Waals surface area contributed by atoms with Gasteiger partial charge >= 0.3 is 12.4 Å². The van der Waals surface area contributed by atoms with Gasteiger partial charge in [-0.05, 0) is 48.9 Å².